The molecule has 1 aliphatic rings. The molecule has 1 saturated heterocycles. The Morgan fingerprint density at radius 1 is 1.27 bits per heavy atom. The van der Waals surface area contributed by atoms with Gasteiger partial charge >= 0.3 is 11.9 Å². The number of aromatic amines is 1. The predicted octanol–water partition coefficient (Wildman–Crippen LogP) is -1.75. The average molecular weight is 326 g/mol. The van der Waals surface area contributed by atoms with E-state index in [1.165, 1.54) is 0 Å². The summed E-state index contributed by atoms with van der Waals surface area (Å²) < 4.78 is 42.4. The molecule has 0 aromatic carbocycles. The summed E-state index contributed by atoms with van der Waals surface area (Å²) in [4.78, 5) is 24.8. The van der Waals surface area contributed by atoms with Crippen molar-refractivity contribution in [3.8, 4) is 0 Å². The third kappa shape index (κ3) is 3.21. The Morgan fingerprint density at radius 2 is 1.91 bits per heavy atom. The largest absolute Gasteiger partial charge is 0.406 e. The summed E-state index contributed by atoms with van der Waals surface area (Å²) in [5.74, 6) is 0. The van der Waals surface area contributed by atoms with E-state index in [1.54, 1.807) is 4.98 Å². The van der Waals surface area contributed by atoms with Gasteiger partial charge in [0.2, 0.25) is 0 Å². The lowest BCUT2D eigenvalue weighted by Gasteiger charge is -2.16. The fourth-order valence-corrected chi connectivity index (χ4v) is 2.20. The fourth-order valence-electron chi connectivity index (χ4n) is 2.20. The van der Waals surface area contributed by atoms with Crippen molar-refractivity contribution >= 4 is 0 Å². The first kappa shape index (κ1) is 16.7. The number of rotatable bonds is 3. The van der Waals surface area contributed by atoms with Crippen LogP contribution in [0.25, 0.3) is 0 Å². The standard InChI is InChI=1S/C11H13F3N2O6/c12-11(13,14)3-16-1-4(9(20)15-10(16)21)8-7(19)6(18)5(2-17)22-8/h1,5-8,17-19H,2-3H2,(H,15,20,21)/t5-,6?,7+,8+/m1/s1. The van der Waals surface area contributed by atoms with Crippen molar-refractivity contribution in [3.05, 3.63) is 32.6 Å². The summed E-state index contributed by atoms with van der Waals surface area (Å²) in [5, 5.41) is 28.3. The molecule has 1 aromatic heterocycles. The molecule has 0 amide bonds. The predicted molar refractivity (Wildman–Crippen MR) is 64.1 cm³/mol. The molecule has 2 heterocycles. The Morgan fingerprint density at radius 3 is 2.41 bits per heavy atom. The molecule has 0 aliphatic carbocycles. The van der Waals surface area contributed by atoms with Gasteiger partial charge in [-0.25, -0.2) is 4.79 Å². The molecule has 1 aliphatic heterocycles. The van der Waals surface area contributed by atoms with Crippen molar-refractivity contribution in [1.82, 2.24) is 9.55 Å². The number of aliphatic hydroxyl groups is 3. The highest BCUT2D eigenvalue weighted by atomic mass is 19.4. The minimum Gasteiger partial charge on any atom is -0.394 e. The van der Waals surface area contributed by atoms with Gasteiger partial charge in [-0.15, -0.1) is 0 Å². The molecule has 0 bridgehead atoms. The maximum absolute atomic E-state index is 12.4. The topological polar surface area (TPSA) is 125 Å². The van der Waals surface area contributed by atoms with E-state index in [4.69, 9.17) is 9.84 Å². The zero-order chi connectivity index (χ0) is 16.7. The molecule has 1 aromatic rings. The van der Waals surface area contributed by atoms with Crippen LogP contribution in [0.5, 0.6) is 0 Å². The first-order chi connectivity index (χ1) is 10.1. The van der Waals surface area contributed by atoms with E-state index in [-0.39, 0.29) is 4.57 Å². The summed E-state index contributed by atoms with van der Waals surface area (Å²) in [7, 11) is 0. The Balaban J connectivity index is 2.42. The van der Waals surface area contributed by atoms with Crippen molar-refractivity contribution in [2.75, 3.05) is 6.61 Å². The molecule has 1 unspecified atom stereocenters. The van der Waals surface area contributed by atoms with Crippen molar-refractivity contribution in [2.24, 2.45) is 0 Å². The average Bonchev–Trinajstić information content (AvgIpc) is 2.68. The van der Waals surface area contributed by atoms with Gasteiger partial charge in [0, 0.05) is 6.20 Å². The minimum atomic E-state index is -4.69. The number of ether oxygens (including phenoxy) is 1. The normalized spacial score (nSPS) is 29.0. The monoisotopic (exact) mass is 326 g/mol. The lowest BCUT2D eigenvalue weighted by Crippen LogP contribution is -2.38. The van der Waals surface area contributed by atoms with Crippen LogP contribution in [0.3, 0.4) is 0 Å². The van der Waals surface area contributed by atoms with E-state index in [2.05, 4.69) is 0 Å². The van der Waals surface area contributed by atoms with Gasteiger partial charge in [-0.05, 0) is 0 Å². The molecule has 0 radical (unpaired) electrons. The van der Waals surface area contributed by atoms with Crippen LogP contribution in [0.15, 0.2) is 15.8 Å². The Hall–Kier alpha value is -1.69. The summed E-state index contributed by atoms with van der Waals surface area (Å²) in [5.41, 5.74) is -2.76. The number of hydrogen-bond donors (Lipinski definition) is 4. The second kappa shape index (κ2) is 5.83. The first-order valence-electron chi connectivity index (χ1n) is 6.17. The molecule has 0 spiro atoms. The number of H-pyrrole nitrogens is 1. The molecular weight excluding hydrogens is 313 g/mol. The number of aromatic nitrogens is 2. The van der Waals surface area contributed by atoms with Gasteiger partial charge in [0.25, 0.3) is 5.56 Å². The molecule has 8 nitrogen and oxygen atoms in total. The van der Waals surface area contributed by atoms with E-state index in [1.807, 2.05) is 0 Å². The molecule has 11 heteroatoms. The summed E-state index contributed by atoms with van der Waals surface area (Å²) in [6.07, 6.45) is -9.87. The number of nitrogens with one attached hydrogen (secondary N) is 1. The van der Waals surface area contributed by atoms with Gasteiger partial charge in [-0.2, -0.15) is 13.2 Å². The van der Waals surface area contributed by atoms with Gasteiger partial charge in [0.15, 0.2) is 0 Å². The van der Waals surface area contributed by atoms with E-state index >= 15 is 0 Å². The van der Waals surface area contributed by atoms with Crippen LogP contribution in [0.4, 0.5) is 13.2 Å². The lowest BCUT2D eigenvalue weighted by molar-refractivity contribution is -0.141. The van der Waals surface area contributed by atoms with Crippen LogP contribution in [-0.2, 0) is 11.3 Å². The molecule has 0 saturated carbocycles. The molecule has 4 N–H and O–H groups in total. The Labute approximate surface area is 120 Å². The number of alkyl halides is 3. The van der Waals surface area contributed by atoms with Gasteiger partial charge in [0.05, 0.1) is 12.2 Å². The third-order valence-corrected chi connectivity index (χ3v) is 3.24. The lowest BCUT2D eigenvalue weighted by atomic mass is 10.0. The van der Waals surface area contributed by atoms with Crippen LogP contribution in [0.1, 0.15) is 11.7 Å². The number of hydrogen-bond acceptors (Lipinski definition) is 6. The Kier molecular flexibility index (Phi) is 4.42. The molecule has 22 heavy (non-hydrogen) atoms. The second-order valence-corrected chi connectivity index (χ2v) is 4.85. The van der Waals surface area contributed by atoms with E-state index in [0.717, 1.165) is 0 Å². The van der Waals surface area contributed by atoms with Crippen molar-refractivity contribution in [3.63, 3.8) is 0 Å². The van der Waals surface area contributed by atoms with Gasteiger partial charge < -0.3 is 20.1 Å². The maximum Gasteiger partial charge on any atom is 0.406 e. The van der Waals surface area contributed by atoms with Gasteiger partial charge in [-0.3, -0.25) is 14.3 Å². The van der Waals surface area contributed by atoms with Crippen molar-refractivity contribution < 1.29 is 33.2 Å². The van der Waals surface area contributed by atoms with E-state index in [9.17, 15) is 33.0 Å². The van der Waals surface area contributed by atoms with E-state index < -0.39 is 60.6 Å². The molecule has 4 atom stereocenters. The van der Waals surface area contributed by atoms with Crippen LogP contribution in [0, 0.1) is 0 Å². The highest BCUT2D eigenvalue weighted by Gasteiger charge is 2.44. The maximum atomic E-state index is 12.4. The second-order valence-electron chi connectivity index (χ2n) is 4.85. The smallest absolute Gasteiger partial charge is 0.394 e. The molecule has 124 valence electrons. The highest BCUT2D eigenvalue weighted by molar-refractivity contribution is 5.14. The molecule has 2 rings (SSSR count). The zero-order valence-corrected chi connectivity index (χ0v) is 10.9. The van der Waals surface area contributed by atoms with Crippen LogP contribution >= 0.6 is 0 Å². The highest BCUT2D eigenvalue weighted by Crippen LogP contribution is 2.31. The summed E-state index contributed by atoms with van der Waals surface area (Å²) >= 11 is 0. The van der Waals surface area contributed by atoms with Gasteiger partial charge in [-0.1, -0.05) is 0 Å². The van der Waals surface area contributed by atoms with Crippen molar-refractivity contribution in [2.45, 2.75) is 37.1 Å². The van der Waals surface area contributed by atoms with Crippen LogP contribution < -0.4 is 11.2 Å². The fraction of sp³-hybridized carbons (Fsp3) is 0.636. The summed E-state index contributed by atoms with van der Waals surface area (Å²) in [6, 6.07) is 0. The quantitative estimate of drug-likeness (QED) is 0.522. The third-order valence-electron chi connectivity index (χ3n) is 3.24. The van der Waals surface area contributed by atoms with Gasteiger partial charge in [0.1, 0.15) is 31.0 Å². The first-order valence-corrected chi connectivity index (χ1v) is 6.17. The molecular formula is C11H13F3N2O6. The number of halogens is 3. The minimum absolute atomic E-state index is 0.214. The van der Waals surface area contributed by atoms with E-state index in [0.29, 0.717) is 6.20 Å². The Bertz CT molecular complexity index is 654. The molecule has 1 fully saturated rings. The van der Waals surface area contributed by atoms with Crippen molar-refractivity contribution in [1.29, 1.82) is 0 Å². The SMILES string of the molecule is O=c1[nH]c(=O)n(CC(F)(F)F)cc1[C@@H]1O[C@H](CO)C(O)[C@@H]1O. The number of aliphatic hydroxyl groups excluding tert-OH is 3. The number of nitrogens with zero attached hydrogens (tertiary/aromatic N) is 1. The zero-order valence-electron chi connectivity index (χ0n) is 10.9. The summed E-state index contributed by atoms with van der Waals surface area (Å²) in [6.45, 7) is -2.29. The van der Waals surface area contributed by atoms with Crippen LogP contribution in [0.2, 0.25) is 0 Å². The van der Waals surface area contributed by atoms with Crippen LogP contribution in [-0.4, -0.2) is 56.0 Å².